The molecule has 2 unspecified atom stereocenters. The van der Waals surface area contributed by atoms with Crippen LogP contribution in [0.3, 0.4) is 0 Å². The largest absolute Gasteiger partial charge is 0.416 e. The summed E-state index contributed by atoms with van der Waals surface area (Å²) in [6.07, 6.45) is -9.87. The molecule has 2 fully saturated rings. The first-order valence-corrected chi connectivity index (χ1v) is 10.6. The Morgan fingerprint density at radius 2 is 1.82 bits per heavy atom. The molecule has 2 N–H and O–H groups in total. The summed E-state index contributed by atoms with van der Waals surface area (Å²) < 4.78 is 82.1. The summed E-state index contributed by atoms with van der Waals surface area (Å²) in [6.45, 7) is -0.406. The second-order valence-electron chi connectivity index (χ2n) is 8.18. The molecule has 2 aromatic rings. The van der Waals surface area contributed by atoms with Gasteiger partial charge in [-0.25, -0.2) is 5.48 Å². The highest BCUT2D eigenvalue weighted by Gasteiger charge is 2.59. The Morgan fingerprint density at radius 1 is 1.12 bits per heavy atom. The van der Waals surface area contributed by atoms with E-state index in [1.807, 2.05) is 0 Å². The van der Waals surface area contributed by atoms with Gasteiger partial charge in [0.1, 0.15) is 23.1 Å². The highest BCUT2D eigenvalue weighted by molar-refractivity contribution is 7.80. The van der Waals surface area contributed by atoms with Crippen LogP contribution in [0.2, 0.25) is 0 Å². The summed E-state index contributed by atoms with van der Waals surface area (Å²) in [5, 5.41) is 2.85. The lowest BCUT2D eigenvalue weighted by Gasteiger charge is -2.33. The maximum atomic E-state index is 14.2. The molecule has 0 aromatic heterocycles. The fourth-order valence-electron chi connectivity index (χ4n) is 4.17. The van der Waals surface area contributed by atoms with Gasteiger partial charge in [0.25, 0.3) is 5.91 Å². The maximum absolute atomic E-state index is 14.2. The molecule has 4 rings (SSSR count). The van der Waals surface area contributed by atoms with Crippen molar-refractivity contribution in [2.75, 3.05) is 24.6 Å². The first-order chi connectivity index (χ1) is 15.9. The summed E-state index contributed by atoms with van der Waals surface area (Å²) in [5.41, 5.74) is -0.722. The number of amides is 1. The van der Waals surface area contributed by atoms with E-state index in [0.29, 0.717) is 17.3 Å². The first-order valence-electron chi connectivity index (χ1n) is 10.2. The number of nitrogens with one attached hydrogen (secondary N) is 2. The number of carbonyl (C=O) groups excluding carboxylic acids is 1. The monoisotopic (exact) mass is 503 g/mol. The highest BCUT2D eigenvalue weighted by Crippen LogP contribution is 2.49. The number of hydroxylamine groups is 1. The number of halogens is 6. The molecule has 0 bridgehead atoms. The van der Waals surface area contributed by atoms with Crippen LogP contribution in [0.4, 0.5) is 32.0 Å². The fourth-order valence-corrected chi connectivity index (χ4v) is 4.45. The first kappa shape index (κ1) is 24.3. The lowest BCUT2D eigenvalue weighted by Crippen LogP contribution is -2.45. The van der Waals surface area contributed by atoms with E-state index in [-0.39, 0.29) is 30.5 Å². The lowest BCUT2D eigenvalue weighted by atomic mass is 9.78. The summed E-state index contributed by atoms with van der Waals surface area (Å²) >= 11 is 5.28. The molecule has 2 aliphatic heterocycles. The Bertz CT molecular complexity index is 1090. The van der Waals surface area contributed by atoms with Crippen LogP contribution < -0.4 is 15.7 Å². The maximum Gasteiger partial charge on any atom is 0.416 e. The number of hydrogen-bond donors (Lipinski definition) is 2. The molecule has 5 nitrogen and oxygen atoms in total. The second kappa shape index (κ2) is 8.73. The third-order valence-corrected chi connectivity index (χ3v) is 6.45. The molecule has 34 heavy (non-hydrogen) atoms. The van der Waals surface area contributed by atoms with Crippen molar-refractivity contribution in [1.29, 1.82) is 0 Å². The van der Waals surface area contributed by atoms with Crippen molar-refractivity contribution in [2.24, 2.45) is 0 Å². The van der Waals surface area contributed by atoms with Gasteiger partial charge in [-0.15, -0.1) is 0 Å². The molecule has 1 amide bonds. The Balaban J connectivity index is 1.54. The van der Waals surface area contributed by atoms with E-state index in [1.165, 1.54) is 4.90 Å². The fraction of sp³-hybridized carbons (Fsp3) is 0.364. The molecular weight excluding hydrogens is 484 g/mol. The van der Waals surface area contributed by atoms with E-state index in [1.54, 1.807) is 24.3 Å². The minimum absolute atomic E-state index is 0.0113. The molecule has 0 spiro atoms. The van der Waals surface area contributed by atoms with E-state index < -0.39 is 41.5 Å². The third-order valence-electron chi connectivity index (χ3n) is 6.09. The van der Waals surface area contributed by atoms with Crippen molar-refractivity contribution in [2.45, 2.75) is 30.2 Å². The zero-order valence-electron chi connectivity index (χ0n) is 17.5. The normalized spacial score (nSPS) is 23.2. The summed E-state index contributed by atoms with van der Waals surface area (Å²) in [7, 11) is 0. The van der Waals surface area contributed by atoms with Gasteiger partial charge in [-0.1, -0.05) is 30.4 Å². The SMILES string of the molecule is O=C1NOCC1NC(=S)c1ccc(N2CCC(c3cccc(C(F)(F)F)c3)(C(F)(F)F)C2)cc1. The van der Waals surface area contributed by atoms with Crippen molar-refractivity contribution in [1.82, 2.24) is 10.8 Å². The van der Waals surface area contributed by atoms with Gasteiger partial charge in [0.05, 0.1) is 5.56 Å². The molecule has 2 aromatic carbocycles. The van der Waals surface area contributed by atoms with Crippen LogP contribution in [0, 0.1) is 0 Å². The topological polar surface area (TPSA) is 53.6 Å². The van der Waals surface area contributed by atoms with Gasteiger partial charge in [-0.2, -0.15) is 26.3 Å². The van der Waals surface area contributed by atoms with Gasteiger partial charge < -0.3 is 10.2 Å². The zero-order chi connectivity index (χ0) is 24.7. The lowest BCUT2D eigenvalue weighted by molar-refractivity contribution is -0.184. The average Bonchev–Trinajstić information content (AvgIpc) is 3.41. The Morgan fingerprint density at radius 3 is 2.41 bits per heavy atom. The average molecular weight is 503 g/mol. The number of benzene rings is 2. The Labute approximate surface area is 196 Å². The van der Waals surface area contributed by atoms with Crippen LogP contribution in [0.15, 0.2) is 48.5 Å². The molecule has 12 heteroatoms. The van der Waals surface area contributed by atoms with Crippen LogP contribution in [-0.4, -0.2) is 42.8 Å². The second-order valence-corrected chi connectivity index (χ2v) is 8.59. The quantitative estimate of drug-likeness (QED) is 0.486. The number of hydrogen-bond acceptors (Lipinski definition) is 4. The van der Waals surface area contributed by atoms with Crippen molar-refractivity contribution >= 4 is 28.8 Å². The van der Waals surface area contributed by atoms with E-state index in [4.69, 9.17) is 17.1 Å². The van der Waals surface area contributed by atoms with Crippen LogP contribution in [0.5, 0.6) is 0 Å². The van der Waals surface area contributed by atoms with Gasteiger partial charge in [-0.3, -0.25) is 9.63 Å². The van der Waals surface area contributed by atoms with Crippen molar-refractivity contribution in [3.05, 3.63) is 65.2 Å². The number of carbonyl (C=O) groups is 1. The summed E-state index contributed by atoms with van der Waals surface area (Å²) in [4.78, 5) is 18.2. The Hall–Kier alpha value is -2.86. The van der Waals surface area contributed by atoms with Crippen LogP contribution in [0.25, 0.3) is 0 Å². The molecule has 0 saturated carbocycles. The molecule has 0 aliphatic carbocycles. The molecule has 2 heterocycles. The highest BCUT2D eigenvalue weighted by atomic mass is 32.1. The van der Waals surface area contributed by atoms with Crippen LogP contribution in [-0.2, 0) is 21.2 Å². The van der Waals surface area contributed by atoms with Crippen LogP contribution in [0.1, 0.15) is 23.1 Å². The van der Waals surface area contributed by atoms with Gasteiger partial charge in [0, 0.05) is 24.3 Å². The molecule has 0 radical (unpaired) electrons. The van der Waals surface area contributed by atoms with Gasteiger partial charge in [0.2, 0.25) is 0 Å². The third kappa shape index (κ3) is 4.56. The van der Waals surface area contributed by atoms with Crippen molar-refractivity contribution in [3.8, 4) is 0 Å². The minimum Gasteiger partial charge on any atom is -0.370 e. The van der Waals surface area contributed by atoms with Gasteiger partial charge in [-0.05, 0) is 42.3 Å². The number of nitrogens with zero attached hydrogens (tertiary/aromatic N) is 1. The van der Waals surface area contributed by atoms with Gasteiger partial charge >= 0.3 is 12.4 Å². The van der Waals surface area contributed by atoms with Crippen molar-refractivity contribution < 1.29 is 36.0 Å². The number of anilines is 1. The van der Waals surface area contributed by atoms with E-state index in [2.05, 4.69) is 10.8 Å². The Kier molecular flexibility index (Phi) is 6.23. The molecule has 2 aliphatic rings. The summed E-state index contributed by atoms with van der Waals surface area (Å²) in [5.74, 6) is -0.367. The molecular formula is C22H19F6N3O2S. The smallest absolute Gasteiger partial charge is 0.370 e. The number of thiocarbonyl (C=S) groups is 1. The standard InChI is InChI=1S/C22H19F6N3O2S/c23-21(24,25)15-3-1-2-14(10-15)20(22(26,27)28)8-9-31(12-20)16-6-4-13(5-7-16)19(34)29-17-11-33-30-18(17)32/h1-7,10,17H,8-9,11-12H2,(H,29,34)(H,30,32). The number of alkyl halides is 6. The van der Waals surface area contributed by atoms with E-state index in [0.717, 1.165) is 18.2 Å². The van der Waals surface area contributed by atoms with E-state index in [9.17, 15) is 31.1 Å². The van der Waals surface area contributed by atoms with E-state index >= 15 is 0 Å². The molecule has 2 atom stereocenters. The van der Waals surface area contributed by atoms with Crippen molar-refractivity contribution in [3.63, 3.8) is 0 Å². The zero-order valence-corrected chi connectivity index (χ0v) is 18.3. The predicted molar refractivity (Wildman–Crippen MR) is 115 cm³/mol. The predicted octanol–water partition coefficient (Wildman–Crippen LogP) is 4.11. The minimum atomic E-state index is -4.75. The van der Waals surface area contributed by atoms with Gasteiger partial charge in [0.15, 0.2) is 0 Å². The number of rotatable bonds is 4. The molecule has 2 saturated heterocycles. The van der Waals surface area contributed by atoms with Crippen LogP contribution >= 0.6 is 12.2 Å². The molecule has 182 valence electrons. The summed E-state index contributed by atoms with van der Waals surface area (Å²) in [6, 6.07) is 9.21.